The molecule has 0 aliphatic rings. The zero-order chi connectivity index (χ0) is 21.1. The first-order valence-electron chi connectivity index (χ1n) is 9.37. The Bertz CT molecular complexity index is 1110. The lowest BCUT2D eigenvalue weighted by molar-refractivity contribution is -0.113. The molecule has 7 nitrogen and oxygen atoms in total. The molecule has 0 saturated carbocycles. The van der Waals surface area contributed by atoms with Crippen LogP contribution in [-0.2, 0) is 18.4 Å². The van der Waals surface area contributed by atoms with Gasteiger partial charge in [0.15, 0.2) is 10.7 Å². The number of rotatable bonds is 7. The molecule has 0 bridgehead atoms. The molecule has 1 N–H and O–H groups in total. The SMILES string of the molecule is Cc1ccc(NC(=O)CSc2nc3cn(C)nc3c(=O)n2CCC(C)C)cc1F. The Labute approximate surface area is 172 Å². The van der Waals surface area contributed by atoms with Gasteiger partial charge in [-0.15, -0.1) is 0 Å². The van der Waals surface area contributed by atoms with E-state index >= 15 is 0 Å². The number of carbonyl (C=O) groups is 1. The molecule has 154 valence electrons. The number of hydrogen-bond acceptors (Lipinski definition) is 5. The first-order chi connectivity index (χ1) is 13.7. The number of halogens is 1. The number of thioether (sulfide) groups is 1. The van der Waals surface area contributed by atoms with E-state index in [1.54, 1.807) is 41.5 Å². The molecule has 0 fully saturated rings. The highest BCUT2D eigenvalue weighted by atomic mass is 32.2. The Kier molecular flexibility index (Phi) is 6.36. The highest BCUT2D eigenvalue weighted by molar-refractivity contribution is 7.99. The van der Waals surface area contributed by atoms with Gasteiger partial charge < -0.3 is 5.32 Å². The zero-order valence-corrected chi connectivity index (χ0v) is 17.7. The number of aromatic nitrogens is 4. The van der Waals surface area contributed by atoms with Crippen molar-refractivity contribution in [3.05, 3.63) is 46.1 Å². The Morgan fingerprint density at radius 2 is 2.10 bits per heavy atom. The summed E-state index contributed by atoms with van der Waals surface area (Å²) in [5.41, 5.74) is 1.52. The number of amides is 1. The van der Waals surface area contributed by atoms with E-state index < -0.39 is 0 Å². The van der Waals surface area contributed by atoms with E-state index in [1.807, 2.05) is 0 Å². The van der Waals surface area contributed by atoms with E-state index in [-0.39, 0.29) is 23.0 Å². The average Bonchev–Trinajstić information content (AvgIpc) is 3.03. The summed E-state index contributed by atoms with van der Waals surface area (Å²) in [7, 11) is 1.74. The van der Waals surface area contributed by atoms with Crippen molar-refractivity contribution in [3.63, 3.8) is 0 Å². The second-order valence-corrected chi connectivity index (χ2v) is 8.31. The monoisotopic (exact) mass is 417 g/mol. The highest BCUT2D eigenvalue weighted by Gasteiger charge is 2.16. The predicted octanol–water partition coefficient (Wildman–Crippen LogP) is 3.35. The summed E-state index contributed by atoms with van der Waals surface area (Å²) < 4.78 is 16.8. The molecule has 0 radical (unpaired) electrons. The van der Waals surface area contributed by atoms with Gasteiger partial charge in [-0.2, -0.15) is 5.10 Å². The van der Waals surface area contributed by atoms with Crippen LogP contribution in [0.25, 0.3) is 11.0 Å². The van der Waals surface area contributed by atoms with Crippen LogP contribution in [0.4, 0.5) is 10.1 Å². The molecule has 29 heavy (non-hydrogen) atoms. The number of anilines is 1. The van der Waals surface area contributed by atoms with E-state index in [2.05, 4.69) is 29.2 Å². The van der Waals surface area contributed by atoms with Crippen LogP contribution >= 0.6 is 11.8 Å². The van der Waals surface area contributed by atoms with Crippen LogP contribution in [-0.4, -0.2) is 31.0 Å². The van der Waals surface area contributed by atoms with Crippen molar-refractivity contribution in [1.29, 1.82) is 0 Å². The van der Waals surface area contributed by atoms with Crippen LogP contribution < -0.4 is 10.9 Å². The number of carbonyl (C=O) groups excluding carboxylic acids is 1. The first-order valence-corrected chi connectivity index (χ1v) is 10.4. The van der Waals surface area contributed by atoms with Crippen LogP contribution in [0.2, 0.25) is 0 Å². The van der Waals surface area contributed by atoms with Crippen molar-refractivity contribution in [2.75, 3.05) is 11.1 Å². The van der Waals surface area contributed by atoms with Gasteiger partial charge in [-0.1, -0.05) is 31.7 Å². The summed E-state index contributed by atoms with van der Waals surface area (Å²) in [4.78, 5) is 29.7. The van der Waals surface area contributed by atoms with Crippen molar-refractivity contribution in [1.82, 2.24) is 19.3 Å². The predicted molar refractivity (Wildman–Crippen MR) is 113 cm³/mol. The fraction of sp³-hybridized carbons (Fsp3) is 0.400. The molecule has 2 heterocycles. The molecule has 0 saturated heterocycles. The van der Waals surface area contributed by atoms with Gasteiger partial charge in [0.2, 0.25) is 5.91 Å². The standard InChI is InChI=1S/C20H24FN5O2S/c1-12(2)7-8-26-19(28)18-16(10-25(4)24-18)23-20(26)29-11-17(27)22-14-6-5-13(3)15(21)9-14/h5-6,9-10,12H,7-8,11H2,1-4H3,(H,22,27). The summed E-state index contributed by atoms with van der Waals surface area (Å²) >= 11 is 1.18. The minimum Gasteiger partial charge on any atom is -0.325 e. The molecule has 2 aromatic heterocycles. The Morgan fingerprint density at radius 1 is 1.34 bits per heavy atom. The van der Waals surface area contributed by atoms with Crippen molar-refractivity contribution in [3.8, 4) is 0 Å². The lowest BCUT2D eigenvalue weighted by Gasteiger charge is -2.13. The topological polar surface area (TPSA) is 81.8 Å². The zero-order valence-electron chi connectivity index (χ0n) is 16.9. The maximum atomic E-state index is 13.7. The van der Waals surface area contributed by atoms with E-state index in [4.69, 9.17) is 0 Å². The summed E-state index contributed by atoms with van der Waals surface area (Å²) in [6.07, 6.45) is 2.49. The minimum atomic E-state index is -0.373. The lowest BCUT2D eigenvalue weighted by Crippen LogP contribution is -2.25. The molecule has 9 heteroatoms. The number of fused-ring (bicyclic) bond motifs is 1. The Balaban J connectivity index is 1.80. The second-order valence-electron chi connectivity index (χ2n) is 7.37. The normalized spacial score (nSPS) is 11.4. The molecule has 0 aliphatic carbocycles. The summed E-state index contributed by atoms with van der Waals surface area (Å²) in [6.45, 7) is 6.33. The first kappa shape index (κ1) is 21.0. The molecule has 1 amide bonds. The van der Waals surface area contributed by atoms with Gasteiger partial charge in [0.1, 0.15) is 11.3 Å². The molecule has 0 spiro atoms. The molecule has 0 unspecified atom stereocenters. The van der Waals surface area contributed by atoms with Crippen molar-refractivity contribution >= 4 is 34.4 Å². The van der Waals surface area contributed by atoms with Gasteiger partial charge in [-0.25, -0.2) is 9.37 Å². The summed E-state index contributed by atoms with van der Waals surface area (Å²) in [5, 5.41) is 7.35. The summed E-state index contributed by atoms with van der Waals surface area (Å²) in [5.74, 6) is -0.204. The fourth-order valence-electron chi connectivity index (χ4n) is 2.78. The number of aryl methyl sites for hydroxylation is 2. The van der Waals surface area contributed by atoms with Crippen LogP contribution in [0.1, 0.15) is 25.8 Å². The van der Waals surface area contributed by atoms with Gasteiger partial charge >= 0.3 is 0 Å². The van der Waals surface area contributed by atoms with E-state index in [9.17, 15) is 14.0 Å². The molecule has 1 aromatic carbocycles. The van der Waals surface area contributed by atoms with Crippen molar-refractivity contribution in [2.24, 2.45) is 13.0 Å². The lowest BCUT2D eigenvalue weighted by atomic mass is 10.1. The Morgan fingerprint density at radius 3 is 2.79 bits per heavy atom. The number of nitrogens with one attached hydrogen (secondary N) is 1. The smallest absolute Gasteiger partial charge is 0.282 e. The number of nitrogens with zero attached hydrogens (tertiary/aromatic N) is 4. The molecule has 0 atom stereocenters. The van der Waals surface area contributed by atoms with Crippen LogP contribution in [0.15, 0.2) is 34.3 Å². The molecule has 3 aromatic rings. The van der Waals surface area contributed by atoms with Crippen LogP contribution in [0, 0.1) is 18.7 Å². The largest absolute Gasteiger partial charge is 0.325 e. The van der Waals surface area contributed by atoms with Crippen LogP contribution in [0.3, 0.4) is 0 Å². The maximum absolute atomic E-state index is 13.7. The quantitative estimate of drug-likeness (QED) is 0.471. The fourth-order valence-corrected chi connectivity index (χ4v) is 3.61. The van der Waals surface area contributed by atoms with Gasteiger partial charge in [0.25, 0.3) is 5.56 Å². The molecule has 0 aliphatic heterocycles. The van der Waals surface area contributed by atoms with Crippen LogP contribution in [0.5, 0.6) is 0 Å². The van der Waals surface area contributed by atoms with Gasteiger partial charge in [0.05, 0.1) is 11.9 Å². The van der Waals surface area contributed by atoms with Crippen molar-refractivity contribution in [2.45, 2.75) is 38.9 Å². The van der Waals surface area contributed by atoms with E-state index in [0.717, 1.165) is 6.42 Å². The van der Waals surface area contributed by atoms with E-state index in [0.29, 0.717) is 39.9 Å². The molecular formula is C20H24FN5O2S. The second kappa shape index (κ2) is 8.77. The highest BCUT2D eigenvalue weighted by Crippen LogP contribution is 2.19. The summed E-state index contributed by atoms with van der Waals surface area (Å²) in [6, 6.07) is 4.55. The average molecular weight is 418 g/mol. The maximum Gasteiger partial charge on any atom is 0.282 e. The number of hydrogen-bond donors (Lipinski definition) is 1. The third-order valence-corrected chi connectivity index (χ3v) is 5.40. The van der Waals surface area contributed by atoms with Crippen molar-refractivity contribution < 1.29 is 9.18 Å². The van der Waals surface area contributed by atoms with Gasteiger partial charge in [0, 0.05) is 19.3 Å². The number of benzene rings is 1. The Hall–Kier alpha value is -2.68. The van der Waals surface area contributed by atoms with Gasteiger partial charge in [-0.3, -0.25) is 18.8 Å². The molecular weight excluding hydrogens is 393 g/mol. The third-order valence-electron chi connectivity index (χ3n) is 4.42. The van der Waals surface area contributed by atoms with Gasteiger partial charge in [-0.05, 0) is 37.0 Å². The third kappa shape index (κ3) is 5.03. The molecule has 3 rings (SSSR count). The van der Waals surface area contributed by atoms with E-state index in [1.165, 1.54) is 17.8 Å². The minimum absolute atomic E-state index is 0.0510.